The summed E-state index contributed by atoms with van der Waals surface area (Å²) in [5, 5.41) is 0. The summed E-state index contributed by atoms with van der Waals surface area (Å²) in [5.74, 6) is 0.960. The van der Waals surface area contributed by atoms with Gasteiger partial charge >= 0.3 is 0 Å². The van der Waals surface area contributed by atoms with E-state index in [-0.39, 0.29) is 0 Å². The average Bonchev–Trinajstić information content (AvgIpc) is 1.81. The summed E-state index contributed by atoms with van der Waals surface area (Å²) in [5.41, 5.74) is 1.18. The second-order valence-electron chi connectivity index (χ2n) is 5.83. The van der Waals surface area contributed by atoms with Crippen LogP contribution in [0.4, 0.5) is 0 Å². The van der Waals surface area contributed by atoms with Crippen LogP contribution in [-0.4, -0.2) is 0 Å². The highest BCUT2D eigenvalue weighted by molar-refractivity contribution is 4.92. The Morgan fingerprint density at radius 1 is 1.36 bits per heavy atom. The van der Waals surface area contributed by atoms with Gasteiger partial charge in [0.15, 0.2) is 0 Å². The number of hydrogen-bond acceptors (Lipinski definition) is 0. The van der Waals surface area contributed by atoms with Gasteiger partial charge < -0.3 is 0 Å². The smallest absolute Gasteiger partial charge is 0.0295 e. The Balaban J connectivity index is 2.48. The lowest BCUT2D eigenvalue weighted by Crippen LogP contribution is -2.38. The van der Waals surface area contributed by atoms with E-state index in [1.807, 2.05) is 0 Å². The largest absolute Gasteiger partial charge is 0.0620 e. The van der Waals surface area contributed by atoms with E-state index in [1.165, 1.54) is 19.3 Å². The van der Waals surface area contributed by atoms with Gasteiger partial charge in [-0.05, 0) is 36.0 Å². The van der Waals surface area contributed by atoms with Crippen molar-refractivity contribution in [3.05, 3.63) is 0 Å². The van der Waals surface area contributed by atoms with Crippen molar-refractivity contribution in [2.45, 2.75) is 53.9 Å². The minimum Gasteiger partial charge on any atom is -0.0620 e. The predicted molar refractivity (Wildman–Crippen MR) is 50.6 cm³/mol. The second-order valence-corrected chi connectivity index (χ2v) is 5.83. The van der Waals surface area contributed by atoms with E-state index in [2.05, 4.69) is 34.6 Å². The van der Waals surface area contributed by atoms with E-state index in [1.54, 1.807) is 0 Å². The van der Waals surface area contributed by atoms with Crippen LogP contribution in [0, 0.1) is 16.7 Å². The SMILES string of the molecule is CC1CCC1(C)CC(C)(C)C. The van der Waals surface area contributed by atoms with Gasteiger partial charge in [0.05, 0.1) is 0 Å². The van der Waals surface area contributed by atoms with Gasteiger partial charge in [-0.25, -0.2) is 0 Å². The van der Waals surface area contributed by atoms with Crippen LogP contribution in [0.15, 0.2) is 0 Å². The zero-order chi connectivity index (χ0) is 8.70. The molecule has 0 radical (unpaired) electrons. The molecule has 0 heteroatoms. The van der Waals surface area contributed by atoms with Crippen LogP contribution in [-0.2, 0) is 0 Å². The van der Waals surface area contributed by atoms with Crippen molar-refractivity contribution >= 4 is 0 Å². The Kier molecular flexibility index (Phi) is 2.07. The maximum absolute atomic E-state index is 2.45. The maximum Gasteiger partial charge on any atom is -0.0295 e. The van der Waals surface area contributed by atoms with Gasteiger partial charge in [0.1, 0.15) is 0 Å². The predicted octanol–water partition coefficient (Wildman–Crippen LogP) is 3.86. The second kappa shape index (κ2) is 2.50. The van der Waals surface area contributed by atoms with E-state index >= 15 is 0 Å². The normalized spacial score (nSPS) is 38.5. The first kappa shape index (κ1) is 9.09. The standard InChI is InChI=1S/C11H22/c1-9-6-7-11(9,5)8-10(2,3)4/h9H,6-8H2,1-5H3. The van der Waals surface area contributed by atoms with Crippen LogP contribution < -0.4 is 0 Å². The van der Waals surface area contributed by atoms with Crippen molar-refractivity contribution in [1.82, 2.24) is 0 Å². The molecule has 0 amide bonds. The number of hydrogen-bond donors (Lipinski definition) is 0. The van der Waals surface area contributed by atoms with Gasteiger partial charge in [-0.3, -0.25) is 0 Å². The highest BCUT2D eigenvalue weighted by Gasteiger charge is 2.41. The van der Waals surface area contributed by atoms with E-state index in [0.29, 0.717) is 10.8 Å². The summed E-state index contributed by atoms with van der Waals surface area (Å²) in [6.07, 6.45) is 4.29. The van der Waals surface area contributed by atoms with Crippen molar-refractivity contribution in [2.24, 2.45) is 16.7 Å². The van der Waals surface area contributed by atoms with E-state index < -0.39 is 0 Å². The first-order valence-electron chi connectivity index (χ1n) is 4.83. The molecule has 1 aliphatic rings. The lowest BCUT2D eigenvalue weighted by Gasteiger charge is -2.49. The zero-order valence-corrected chi connectivity index (χ0v) is 8.70. The fraction of sp³-hybridized carbons (Fsp3) is 1.00. The Labute approximate surface area is 71.4 Å². The monoisotopic (exact) mass is 154 g/mol. The van der Waals surface area contributed by atoms with Crippen LogP contribution in [0.2, 0.25) is 0 Å². The number of rotatable bonds is 1. The molecule has 0 spiro atoms. The first-order chi connectivity index (χ1) is 4.83. The Morgan fingerprint density at radius 2 is 1.91 bits per heavy atom. The van der Waals surface area contributed by atoms with Gasteiger partial charge in [-0.1, -0.05) is 34.6 Å². The summed E-state index contributed by atoms with van der Waals surface area (Å²) < 4.78 is 0. The van der Waals surface area contributed by atoms with Crippen molar-refractivity contribution in [1.29, 1.82) is 0 Å². The molecule has 2 unspecified atom stereocenters. The van der Waals surface area contributed by atoms with Gasteiger partial charge in [0.25, 0.3) is 0 Å². The zero-order valence-electron chi connectivity index (χ0n) is 8.70. The third-order valence-electron chi connectivity index (χ3n) is 3.27. The summed E-state index contributed by atoms with van der Waals surface area (Å²) in [7, 11) is 0. The van der Waals surface area contributed by atoms with Crippen molar-refractivity contribution in [3.63, 3.8) is 0 Å². The Hall–Kier alpha value is 0. The van der Waals surface area contributed by atoms with Crippen LogP contribution in [0.5, 0.6) is 0 Å². The van der Waals surface area contributed by atoms with Gasteiger partial charge in [-0.15, -0.1) is 0 Å². The fourth-order valence-corrected chi connectivity index (χ4v) is 2.40. The molecule has 0 aromatic heterocycles. The third-order valence-corrected chi connectivity index (χ3v) is 3.27. The van der Waals surface area contributed by atoms with Crippen LogP contribution >= 0.6 is 0 Å². The molecule has 1 saturated carbocycles. The quantitative estimate of drug-likeness (QED) is 0.538. The third kappa shape index (κ3) is 1.98. The highest BCUT2D eigenvalue weighted by Crippen LogP contribution is 2.52. The summed E-state index contributed by atoms with van der Waals surface area (Å²) in [4.78, 5) is 0. The molecular formula is C11H22. The molecule has 0 aromatic carbocycles. The fourth-order valence-electron chi connectivity index (χ4n) is 2.40. The minimum atomic E-state index is 0.517. The molecule has 1 aliphatic carbocycles. The van der Waals surface area contributed by atoms with Gasteiger partial charge in [0, 0.05) is 0 Å². The molecule has 11 heavy (non-hydrogen) atoms. The van der Waals surface area contributed by atoms with Crippen LogP contribution in [0.25, 0.3) is 0 Å². The Morgan fingerprint density at radius 3 is 2.00 bits per heavy atom. The van der Waals surface area contributed by atoms with Gasteiger partial charge in [-0.2, -0.15) is 0 Å². The Bertz CT molecular complexity index is 141. The van der Waals surface area contributed by atoms with Crippen molar-refractivity contribution in [2.75, 3.05) is 0 Å². The molecular weight excluding hydrogens is 132 g/mol. The molecule has 0 heterocycles. The summed E-state index contributed by atoms with van der Waals surface area (Å²) >= 11 is 0. The molecule has 0 aromatic rings. The van der Waals surface area contributed by atoms with E-state index in [4.69, 9.17) is 0 Å². The molecule has 0 nitrogen and oxygen atoms in total. The van der Waals surface area contributed by atoms with E-state index in [9.17, 15) is 0 Å². The molecule has 1 rings (SSSR count). The lowest BCUT2D eigenvalue weighted by atomic mass is 9.57. The van der Waals surface area contributed by atoms with Crippen LogP contribution in [0.1, 0.15) is 53.9 Å². The molecule has 0 bridgehead atoms. The topological polar surface area (TPSA) is 0 Å². The highest BCUT2D eigenvalue weighted by atomic mass is 14.5. The lowest BCUT2D eigenvalue weighted by molar-refractivity contribution is 0.0195. The molecule has 0 saturated heterocycles. The molecule has 2 atom stereocenters. The average molecular weight is 154 g/mol. The molecule has 0 N–H and O–H groups in total. The molecule has 0 aliphatic heterocycles. The summed E-state index contributed by atoms with van der Waals surface area (Å²) in [6.45, 7) is 11.9. The van der Waals surface area contributed by atoms with Crippen molar-refractivity contribution in [3.8, 4) is 0 Å². The minimum absolute atomic E-state index is 0.517. The summed E-state index contributed by atoms with van der Waals surface area (Å²) in [6, 6.07) is 0. The first-order valence-corrected chi connectivity index (χ1v) is 4.83. The van der Waals surface area contributed by atoms with Gasteiger partial charge in [0.2, 0.25) is 0 Å². The maximum atomic E-state index is 2.45. The van der Waals surface area contributed by atoms with Crippen molar-refractivity contribution < 1.29 is 0 Å². The molecule has 1 fully saturated rings. The van der Waals surface area contributed by atoms with Crippen LogP contribution in [0.3, 0.4) is 0 Å². The molecule has 66 valence electrons. The van der Waals surface area contributed by atoms with E-state index in [0.717, 1.165) is 5.92 Å².